The third kappa shape index (κ3) is 2.57. The first-order valence-electron chi connectivity index (χ1n) is 6.91. The van der Waals surface area contributed by atoms with Crippen molar-refractivity contribution in [2.75, 3.05) is 17.2 Å². The van der Waals surface area contributed by atoms with E-state index in [1.807, 2.05) is 13.0 Å². The van der Waals surface area contributed by atoms with Crippen molar-refractivity contribution in [3.63, 3.8) is 0 Å². The largest absolute Gasteiger partial charge is 0.354 e. The lowest BCUT2D eigenvalue weighted by molar-refractivity contribution is 0.619. The van der Waals surface area contributed by atoms with E-state index in [0.717, 1.165) is 18.5 Å². The summed E-state index contributed by atoms with van der Waals surface area (Å²) in [6.45, 7) is 2.64. The molecule has 0 fully saturated rings. The molecule has 4 nitrogen and oxygen atoms in total. The molecular formula is C15H17FN4. The van der Waals surface area contributed by atoms with Crippen LogP contribution in [0.15, 0.2) is 24.4 Å². The van der Waals surface area contributed by atoms with Gasteiger partial charge in [-0.25, -0.2) is 9.37 Å². The van der Waals surface area contributed by atoms with Crippen LogP contribution in [0.4, 0.5) is 21.8 Å². The van der Waals surface area contributed by atoms with E-state index in [-0.39, 0.29) is 5.82 Å². The molecule has 1 heterocycles. The minimum Gasteiger partial charge on any atom is -0.354 e. The molecular weight excluding hydrogens is 255 g/mol. The number of nitrogens with zero attached hydrogens (tertiary/aromatic N) is 2. The molecule has 20 heavy (non-hydrogen) atoms. The normalized spacial score (nSPS) is 13.1. The summed E-state index contributed by atoms with van der Waals surface area (Å²) in [5.41, 5.74) is 3.61. The highest BCUT2D eigenvalue weighted by atomic mass is 19.1. The lowest BCUT2D eigenvalue weighted by atomic mass is 10.1. The van der Waals surface area contributed by atoms with Gasteiger partial charge in [-0.15, -0.1) is 0 Å². The molecule has 0 bridgehead atoms. The zero-order valence-electron chi connectivity index (χ0n) is 11.4. The Kier molecular flexibility index (Phi) is 3.50. The molecule has 0 unspecified atom stereocenters. The highest BCUT2D eigenvalue weighted by Crippen LogP contribution is 2.27. The van der Waals surface area contributed by atoms with E-state index in [0.29, 0.717) is 12.5 Å². The monoisotopic (exact) mass is 272 g/mol. The summed E-state index contributed by atoms with van der Waals surface area (Å²) in [5, 5.41) is 6.01. The van der Waals surface area contributed by atoms with Crippen LogP contribution in [-0.4, -0.2) is 16.5 Å². The third-order valence-electron chi connectivity index (χ3n) is 3.44. The summed E-state index contributed by atoms with van der Waals surface area (Å²) in [6.07, 6.45) is 4.62. The molecule has 0 atom stereocenters. The van der Waals surface area contributed by atoms with Crippen LogP contribution in [0.1, 0.15) is 24.5 Å². The molecule has 0 saturated heterocycles. The summed E-state index contributed by atoms with van der Waals surface area (Å²) < 4.78 is 13.8. The predicted octanol–water partition coefficient (Wildman–Crippen LogP) is 3.28. The molecule has 0 amide bonds. The molecule has 3 rings (SSSR count). The number of halogens is 1. The van der Waals surface area contributed by atoms with E-state index in [4.69, 9.17) is 0 Å². The number of aromatic nitrogens is 2. The van der Waals surface area contributed by atoms with Gasteiger partial charge >= 0.3 is 0 Å². The van der Waals surface area contributed by atoms with E-state index in [1.54, 1.807) is 0 Å². The Hall–Kier alpha value is -2.17. The van der Waals surface area contributed by atoms with Crippen molar-refractivity contribution >= 4 is 17.5 Å². The van der Waals surface area contributed by atoms with E-state index in [2.05, 4.69) is 32.7 Å². The van der Waals surface area contributed by atoms with Crippen LogP contribution in [0.2, 0.25) is 0 Å². The fourth-order valence-corrected chi connectivity index (χ4v) is 2.48. The second-order valence-electron chi connectivity index (χ2n) is 4.88. The van der Waals surface area contributed by atoms with Crippen molar-refractivity contribution in [1.29, 1.82) is 0 Å². The average Bonchev–Trinajstić information content (AvgIpc) is 2.90. The lowest BCUT2D eigenvalue weighted by Gasteiger charge is -2.10. The molecule has 0 radical (unpaired) electrons. The van der Waals surface area contributed by atoms with Crippen molar-refractivity contribution in [3.8, 4) is 0 Å². The lowest BCUT2D eigenvalue weighted by Crippen LogP contribution is -2.06. The maximum atomic E-state index is 13.8. The van der Waals surface area contributed by atoms with Gasteiger partial charge in [0.2, 0.25) is 5.95 Å². The molecule has 104 valence electrons. The minimum absolute atomic E-state index is 0.203. The van der Waals surface area contributed by atoms with Crippen LogP contribution < -0.4 is 10.6 Å². The van der Waals surface area contributed by atoms with Crippen LogP contribution in [0.5, 0.6) is 0 Å². The van der Waals surface area contributed by atoms with Crippen molar-refractivity contribution in [3.05, 3.63) is 41.3 Å². The van der Waals surface area contributed by atoms with Gasteiger partial charge in [0.05, 0.1) is 6.20 Å². The predicted molar refractivity (Wildman–Crippen MR) is 77.9 cm³/mol. The van der Waals surface area contributed by atoms with Crippen LogP contribution in [-0.2, 0) is 12.8 Å². The van der Waals surface area contributed by atoms with E-state index >= 15 is 0 Å². The molecule has 2 aromatic rings. The topological polar surface area (TPSA) is 49.8 Å². The van der Waals surface area contributed by atoms with Gasteiger partial charge in [-0.1, -0.05) is 6.07 Å². The number of fused-ring (bicyclic) bond motifs is 1. The Morgan fingerprint density at radius 3 is 2.95 bits per heavy atom. The number of rotatable bonds is 4. The minimum atomic E-state index is -0.452. The van der Waals surface area contributed by atoms with Crippen molar-refractivity contribution in [1.82, 2.24) is 9.97 Å². The Bertz CT molecular complexity index is 627. The molecule has 1 aromatic carbocycles. The third-order valence-corrected chi connectivity index (χ3v) is 3.44. The number of aryl methyl sites for hydroxylation is 2. The molecule has 0 saturated carbocycles. The first-order valence-corrected chi connectivity index (χ1v) is 6.91. The summed E-state index contributed by atoms with van der Waals surface area (Å²) in [7, 11) is 0. The van der Waals surface area contributed by atoms with Crippen molar-refractivity contribution < 1.29 is 4.39 Å². The summed E-state index contributed by atoms with van der Waals surface area (Å²) in [6, 6.07) is 6.16. The molecule has 1 aliphatic carbocycles. The van der Waals surface area contributed by atoms with Crippen LogP contribution >= 0.6 is 0 Å². The van der Waals surface area contributed by atoms with E-state index in [1.165, 1.54) is 23.7 Å². The zero-order chi connectivity index (χ0) is 13.9. The Morgan fingerprint density at radius 1 is 1.25 bits per heavy atom. The SMILES string of the molecule is CCNc1ncc(F)c(Nc2ccc3c(c2)CCC3)n1. The smallest absolute Gasteiger partial charge is 0.224 e. The number of nitrogens with one attached hydrogen (secondary N) is 2. The van der Waals surface area contributed by atoms with Gasteiger partial charge in [0.25, 0.3) is 0 Å². The van der Waals surface area contributed by atoms with Crippen LogP contribution in [0.25, 0.3) is 0 Å². The molecule has 2 N–H and O–H groups in total. The van der Waals surface area contributed by atoms with Gasteiger partial charge in [0.15, 0.2) is 11.6 Å². The zero-order valence-corrected chi connectivity index (χ0v) is 11.4. The fraction of sp³-hybridized carbons (Fsp3) is 0.333. The standard InChI is InChI=1S/C15H17FN4/c1-2-17-15-18-9-13(16)14(20-15)19-12-7-6-10-4-3-5-11(10)8-12/h6-9H,2-5H2,1H3,(H2,17,18,19,20). The van der Waals surface area contributed by atoms with Gasteiger partial charge in [0.1, 0.15) is 0 Å². The van der Waals surface area contributed by atoms with Gasteiger partial charge in [-0.05, 0) is 49.4 Å². The van der Waals surface area contributed by atoms with E-state index in [9.17, 15) is 4.39 Å². The van der Waals surface area contributed by atoms with Crippen molar-refractivity contribution in [2.24, 2.45) is 0 Å². The van der Waals surface area contributed by atoms with Gasteiger partial charge in [-0.3, -0.25) is 0 Å². The Morgan fingerprint density at radius 2 is 2.10 bits per heavy atom. The van der Waals surface area contributed by atoms with Crippen molar-refractivity contribution in [2.45, 2.75) is 26.2 Å². The first kappa shape index (κ1) is 12.8. The van der Waals surface area contributed by atoms with Crippen LogP contribution in [0.3, 0.4) is 0 Å². The average molecular weight is 272 g/mol. The Labute approximate surface area is 117 Å². The second-order valence-corrected chi connectivity index (χ2v) is 4.88. The molecule has 5 heteroatoms. The number of anilines is 3. The fourth-order valence-electron chi connectivity index (χ4n) is 2.48. The molecule has 1 aliphatic rings. The Balaban J connectivity index is 1.85. The summed E-state index contributed by atoms with van der Waals surface area (Å²) >= 11 is 0. The van der Waals surface area contributed by atoms with E-state index < -0.39 is 5.82 Å². The maximum Gasteiger partial charge on any atom is 0.224 e. The van der Waals surface area contributed by atoms with Gasteiger partial charge in [0, 0.05) is 12.2 Å². The summed E-state index contributed by atoms with van der Waals surface area (Å²) in [5.74, 6) is 0.179. The van der Waals surface area contributed by atoms with Gasteiger partial charge < -0.3 is 10.6 Å². The molecule has 1 aromatic heterocycles. The quantitative estimate of drug-likeness (QED) is 0.896. The number of benzene rings is 1. The number of hydrogen-bond acceptors (Lipinski definition) is 4. The molecule has 0 spiro atoms. The van der Waals surface area contributed by atoms with Gasteiger partial charge in [-0.2, -0.15) is 4.98 Å². The number of hydrogen-bond donors (Lipinski definition) is 2. The molecule has 0 aliphatic heterocycles. The highest BCUT2D eigenvalue weighted by Gasteiger charge is 2.12. The summed E-state index contributed by atoms with van der Waals surface area (Å²) in [4.78, 5) is 8.03. The second kappa shape index (κ2) is 5.45. The first-order chi connectivity index (χ1) is 9.76. The maximum absolute atomic E-state index is 13.8. The highest BCUT2D eigenvalue weighted by molar-refractivity contribution is 5.59. The van der Waals surface area contributed by atoms with Crippen LogP contribution in [0, 0.1) is 5.82 Å².